The lowest BCUT2D eigenvalue weighted by atomic mass is 9.98. The highest BCUT2D eigenvalue weighted by atomic mass is 19.1. The van der Waals surface area contributed by atoms with Crippen LogP contribution in [0.3, 0.4) is 0 Å². The van der Waals surface area contributed by atoms with E-state index in [0.717, 1.165) is 12.8 Å². The van der Waals surface area contributed by atoms with Gasteiger partial charge >= 0.3 is 0 Å². The Labute approximate surface area is 55.4 Å². The molecule has 3 atom stereocenters. The molecular formula is C7H14FN. The van der Waals surface area contributed by atoms with Crippen LogP contribution in [0.5, 0.6) is 0 Å². The third-order valence-electron chi connectivity index (χ3n) is 2.37. The molecule has 0 spiro atoms. The summed E-state index contributed by atoms with van der Waals surface area (Å²) in [4.78, 5) is 0. The van der Waals surface area contributed by atoms with Gasteiger partial charge < -0.3 is 5.73 Å². The van der Waals surface area contributed by atoms with Gasteiger partial charge in [0.05, 0.1) is 0 Å². The van der Waals surface area contributed by atoms with Gasteiger partial charge in [-0.25, -0.2) is 4.39 Å². The molecule has 0 aliphatic heterocycles. The highest BCUT2D eigenvalue weighted by Crippen LogP contribution is 2.32. The zero-order chi connectivity index (χ0) is 6.85. The molecule has 2 N–H and O–H groups in total. The Bertz CT molecular complexity index is 84.9. The molecule has 1 aliphatic rings. The van der Waals surface area contributed by atoms with Crippen LogP contribution < -0.4 is 5.73 Å². The molecule has 0 amide bonds. The van der Waals surface area contributed by atoms with Crippen molar-refractivity contribution < 1.29 is 4.39 Å². The smallest absolute Gasteiger partial charge is 0.104 e. The summed E-state index contributed by atoms with van der Waals surface area (Å²) in [6.45, 7) is 2.60. The highest BCUT2D eigenvalue weighted by Gasteiger charge is 2.31. The molecule has 1 rings (SSSR count). The molecule has 1 nitrogen and oxygen atoms in total. The molecule has 0 bridgehead atoms. The van der Waals surface area contributed by atoms with Crippen molar-refractivity contribution >= 4 is 0 Å². The molecule has 0 aromatic heterocycles. The van der Waals surface area contributed by atoms with Crippen molar-refractivity contribution in [2.75, 3.05) is 6.54 Å². The molecule has 0 heterocycles. The molecule has 1 saturated carbocycles. The van der Waals surface area contributed by atoms with Crippen molar-refractivity contribution in [3.8, 4) is 0 Å². The zero-order valence-electron chi connectivity index (χ0n) is 5.81. The molecule has 9 heavy (non-hydrogen) atoms. The topological polar surface area (TPSA) is 26.0 Å². The van der Waals surface area contributed by atoms with Crippen LogP contribution in [-0.4, -0.2) is 12.7 Å². The highest BCUT2D eigenvalue weighted by molar-refractivity contribution is 4.82. The van der Waals surface area contributed by atoms with E-state index in [2.05, 4.69) is 6.92 Å². The Kier molecular flexibility index (Phi) is 2.06. The van der Waals surface area contributed by atoms with E-state index in [4.69, 9.17) is 5.73 Å². The monoisotopic (exact) mass is 131 g/mol. The number of halogens is 1. The molecule has 1 fully saturated rings. The summed E-state index contributed by atoms with van der Waals surface area (Å²) in [6, 6.07) is 0. The molecule has 1 aliphatic carbocycles. The van der Waals surface area contributed by atoms with Crippen LogP contribution >= 0.6 is 0 Å². The third-order valence-corrected chi connectivity index (χ3v) is 2.37. The lowest BCUT2D eigenvalue weighted by molar-refractivity contribution is 0.242. The Balaban J connectivity index is 2.44. The van der Waals surface area contributed by atoms with E-state index in [9.17, 15) is 4.39 Å². The van der Waals surface area contributed by atoms with Gasteiger partial charge in [-0.3, -0.25) is 0 Å². The molecular weight excluding hydrogens is 117 g/mol. The second-order valence-corrected chi connectivity index (χ2v) is 2.97. The van der Waals surface area contributed by atoms with Crippen LogP contribution in [0.1, 0.15) is 19.8 Å². The number of alkyl halides is 1. The molecule has 0 saturated heterocycles. The van der Waals surface area contributed by atoms with Gasteiger partial charge in [0, 0.05) is 5.92 Å². The molecule has 0 aromatic carbocycles. The first-order valence-electron chi connectivity index (χ1n) is 3.60. The first kappa shape index (κ1) is 7.00. The van der Waals surface area contributed by atoms with Gasteiger partial charge in [-0.1, -0.05) is 6.92 Å². The summed E-state index contributed by atoms with van der Waals surface area (Å²) < 4.78 is 12.8. The lowest BCUT2D eigenvalue weighted by Gasteiger charge is -2.13. The van der Waals surface area contributed by atoms with Crippen molar-refractivity contribution in [3.05, 3.63) is 0 Å². The quantitative estimate of drug-likeness (QED) is 0.570. The van der Waals surface area contributed by atoms with Gasteiger partial charge in [0.15, 0.2) is 0 Å². The fraction of sp³-hybridized carbons (Fsp3) is 1.00. The van der Waals surface area contributed by atoms with E-state index >= 15 is 0 Å². The van der Waals surface area contributed by atoms with E-state index in [0.29, 0.717) is 12.5 Å². The standard InChI is InChI=1S/C7H14FN/c1-5-2-3-7(8)6(5)4-9/h5-7H,2-4,9H2,1H3/t5-,6+,7+/m0/s1. The summed E-state index contributed by atoms with van der Waals surface area (Å²) in [5, 5.41) is 0. The number of hydrogen-bond donors (Lipinski definition) is 1. The predicted octanol–water partition coefficient (Wildman–Crippen LogP) is 1.33. The predicted molar refractivity (Wildman–Crippen MR) is 35.8 cm³/mol. The molecule has 54 valence electrons. The van der Waals surface area contributed by atoms with E-state index in [1.807, 2.05) is 0 Å². The Morgan fingerprint density at radius 3 is 2.44 bits per heavy atom. The number of rotatable bonds is 1. The van der Waals surface area contributed by atoms with Crippen LogP contribution in [0.25, 0.3) is 0 Å². The lowest BCUT2D eigenvalue weighted by Crippen LogP contribution is -2.23. The van der Waals surface area contributed by atoms with Crippen LogP contribution in [0, 0.1) is 11.8 Å². The van der Waals surface area contributed by atoms with Crippen molar-refractivity contribution in [2.24, 2.45) is 17.6 Å². The SMILES string of the molecule is C[C@H]1CC[C@@H](F)[C@@H]1CN. The largest absolute Gasteiger partial charge is 0.330 e. The van der Waals surface area contributed by atoms with E-state index < -0.39 is 6.17 Å². The maximum Gasteiger partial charge on any atom is 0.104 e. The van der Waals surface area contributed by atoms with Crippen LogP contribution in [0.2, 0.25) is 0 Å². The second kappa shape index (κ2) is 2.65. The molecule has 0 unspecified atom stereocenters. The van der Waals surface area contributed by atoms with Gasteiger partial charge in [-0.05, 0) is 25.3 Å². The van der Waals surface area contributed by atoms with Crippen molar-refractivity contribution in [1.29, 1.82) is 0 Å². The first-order valence-corrected chi connectivity index (χ1v) is 3.60. The Morgan fingerprint density at radius 1 is 1.56 bits per heavy atom. The average molecular weight is 131 g/mol. The fourth-order valence-corrected chi connectivity index (χ4v) is 1.59. The maximum absolute atomic E-state index is 12.8. The fourth-order valence-electron chi connectivity index (χ4n) is 1.59. The van der Waals surface area contributed by atoms with Crippen molar-refractivity contribution in [3.63, 3.8) is 0 Å². The maximum atomic E-state index is 12.8. The summed E-state index contributed by atoms with van der Waals surface area (Å²) in [5.41, 5.74) is 5.37. The van der Waals surface area contributed by atoms with Crippen LogP contribution in [0.4, 0.5) is 4.39 Å². The van der Waals surface area contributed by atoms with E-state index in [1.165, 1.54) is 0 Å². The van der Waals surface area contributed by atoms with Gasteiger partial charge in [-0.15, -0.1) is 0 Å². The van der Waals surface area contributed by atoms with Gasteiger partial charge in [0.25, 0.3) is 0 Å². The van der Waals surface area contributed by atoms with Crippen LogP contribution in [0.15, 0.2) is 0 Å². The molecule has 2 heteroatoms. The van der Waals surface area contributed by atoms with Gasteiger partial charge in [-0.2, -0.15) is 0 Å². The van der Waals surface area contributed by atoms with Crippen molar-refractivity contribution in [2.45, 2.75) is 25.9 Å². The first-order chi connectivity index (χ1) is 4.25. The Morgan fingerprint density at radius 2 is 2.22 bits per heavy atom. The summed E-state index contributed by atoms with van der Waals surface area (Å²) in [6.07, 6.45) is 1.12. The minimum absolute atomic E-state index is 0.144. The van der Waals surface area contributed by atoms with Gasteiger partial charge in [0.1, 0.15) is 6.17 Å². The van der Waals surface area contributed by atoms with Gasteiger partial charge in [0.2, 0.25) is 0 Å². The molecule has 0 aromatic rings. The average Bonchev–Trinajstić information content (AvgIpc) is 2.12. The molecule has 0 radical (unpaired) electrons. The van der Waals surface area contributed by atoms with E-state index in [-0.39, 0.29) is 5.92 Å². The van der Waals surface area contributed by atoms with Crippen molar-refractivity contribution in [1.82, 2.24) is 0 Å². The summed E-state index contributed by atoms with van der Waals surface area (Å²) in [5.74, 6) is 0.648. The normalized spacial score (nSPS) is 43.7. The minimum Gasteiger partial charge on any atom is -0.330 e. The number of hydrogen-bond acceptors (Lipinski definition) is 1. The number of nitrogens with two attached hydrogens (primary N) is 1. The summed E-state index contributed by atoms with van der Waals surface area (Å²) in [7, 11) is 0. The van der Waals surface area contributed by atoms with E-state index in [1.54, 1.807) is 0 Å². The zero-order valence-corrected chi connectivity index (χ0v) is 5.81. The second-order valence-electron chi connectivity index (χ2n) is 2.97. The Hall–Kier alpha value is -0.110. The minimum atomic E-state index is -0.620. The van der Waals surface area contributed by atoms with Crippen LogP contribution in [-0.2, 0) is 0 Å². The third kappa shape index (κ3) is 1.23. The summed E-state index contributed by atoms with van der Waals surface area (Å²) >= 11 is 0.